The molecule has 0 spiro atoms. The minimum Gasteiger partial charge on any atom is -0.495 e. The van der Waals surface area contributed by atoms with Gasteiger partial charge in [-0.15, -0.1) is 11.3 Å². The van der Waals surface area contributed by atoms with E-state index in [0.29, 0.717) is 13.0 Å². The molecule has 1 saturated heterocycles. The fraction of sp³-hybridized carbons (Fsp3) is 0.333. The molecule has 5 rings (SSSR count). The Balaban J connectivity index is 1.33. The van der Waals surface area contributed by atoms with Crippen LogP contribution in [0.5, 0.6) is 5.75 Å². The Morgan fingerprint density at radius 1 is 1.03 bits per heavy atom. The van der Waals surface area contributed by atoms with Crippen LogP contribution in [0.3, 0.4) is 0 Å². The molecule has 1 amide bonds. The van der Waals surface area contributed by atoms with E-state index in [4.69, 9.17) is 4.74 Å². The first-order valence-electron chi connectivity index (χ1n) is 12.1. The second-order valence-electron chi connectivity index (χ2n) is 8.88. The number of thiophene rings is 1. The predicted molar refractivity (Wildman–Crippen MR) is 144 cm³/mol. The van der Waals surface area contributed by atoms with E-state index in [0.717, 1.165) is 69.8 Å². The fourth-order valence-electron chi connectivity index (χ4n) is 4.65. The summed E-state index contributed by atoms with van der Waals surface area (Å²) in [4.78, 5) is 34.9. The van der Waals surface area contributed by atoms with E-state index >= 15 is 0 Å². The van der Waals surface area contributed by atoms with Gasteiger partial charge in [-0.3, -0.25) is 9.78 Å². The van der Waals surface area contributed by atoms with Crippen molar-refractivity contribution in [3.63, 3.8) is 0 Å². The molecule has 1 fully saturated rings. The molecule has 186 valence electrons. The highest BCUT2D eigenvalue weighted by Gasteiger charge is 2.26. The van der Waals surface area contributed by atoms with Crippen LogP contribution in [0.2, 0.25) is 0 Å². The molecule has 0 N–H and O–H groups in total. The number of hydrogen-bond donors (Lipinski definition) is 0. The van der Waals surface area contributed by atoms with Crippen LogP contribution in [-0.4, -0.2) is 72.6 Å². The van der Waals surface area contributed by atoms with Gasteiger partial charge in [-0.25, -0.2) is 9.97 Å². The monoisotopic (exact) mass is 502 g/mol. The first kappa shape index (κ1) is 24.0. The normalized spacial score (nSPS) is 13.8. The molecule has 0 radical (unpaired) electrons. The molecule has 1 aromatic carbocycles. The summed E-state index contributed by atoms with van der Waals surface area (Å²) >= 11 is 1.45. The number of amides is 1. The Bertz CT molecular complexity index is 1350. The first-order chi connectivity index (χ1) is 17.6. The number of ether oxygens (including phenoxy) is 1. The Hall–Kier alpha value is -3.72. The maximum absolute atomic E-state index is 13.3. The highest BCUT2D eigenvalue weighted by molar-refractivity contribution is 7.20. The number of para-hydroxylation sites is 2. The van der Waals surface area contributed by atoms with Crippen molar-refractivity contribution in [3.05, 3.63) is 71.1 Å². The topological polar surface area (TPSA) is 74.7 Å². The number of carbonyl (C=O) groups is 1. The lowest BCUT2D eigenvalue weighted by Gasteiger charge is -2.37. The quantitative estimate of drug-likeness (QED) is 0.378. The van der Waals surface area contributed by atoms with E-state index in [1.54, 1.807) is 24.5 Å². The number of pyridine rings is 1. The lowest BCUT2D eigenvalue weighted by Crippen LogP contribution is -2.47. The third-order valence-corrected chi connectivity index (χ3v) is 7.87. The maximum atomic E-state index is 13.3. The van der Waals surface area contributed by atoms with Crippen molar-refractivity contribution in [1.29, 1.82) is 0 Å². The van der Waals surface area contributed by atoms with Gasteiger partial charge in [0.05, 0.1) is 23.1 Å². The number of carbonyl (C=O) groups excluding carboxylic acids is 1. The van der Waals surface area contributed by atoms with Crippen LogP contribution in [0.4, 0.5) is 11.5 Å². The van der Waals surface area contributed by atoms with E-state index < -0.39 is 0 Å². The number of aryl methyl sites for hydroxylation is 1. The van der Waals surface area contributed by atoms with Crippen LogP contribution < -0.4 is 14.5 Å². The Kier molecular flexibility index (Phi) is 6.99. The molecule has 4 heterocycles. The van der Waals surface area contributed by atoms with Gasteiger partial charge in [0.2, 0.25) is 0 Å². The maximum Gasteiger partial charge on any atom is 0.264 e. The molecule has 0 unspecified atom stereocenters. The Morgan fingerprint density at radius 3 is 2.53 bits per heavy atom. The average Bonchev–Trinajstić information content (AvgIpc) is 3.28. The van der Waals surface area contributed by atoms with Crippen molar-refractivity contribution in [3.8, 4) is 5.75 Å². The summed E-state index contributed by atoms with van der Waals surface area (Å²) in [6.45, 7) is 5.98. The second kappa shape index (κ2) is 10.5. The summed E-state index contributed by atoms with van der Waals surface area (Å²) in [7, 11) is 3.56. The summed E-state index contributed by atoms with van der Waals surface area (Å²) < 4.78 is 5.56. The molecular formula is C27H30N6O2S. The minimum absolute atomic E-state index is 0.0124. The van der Waals surface area contributed by atoms with Gasteiger partial charge in [-0.1, -0.05) is 18.2 Å². The molecular weight excluding hydrogens is 472 g/mol. The number of nitrogens with zero attached hydrogens (tertiary/aromatic N) is 6. The van der Waals surface area contributed by atoms with Gasteiger partial charge in [0.25, 0.3) is 5.91 Å². The molecule has 9 heteroatoms. The molecule has 4 aromatic rings. The van der Waals surface area contributed by atoms with Crippen molar-refractivity contribution < 1.29 is 9.53 Å². The van der Waals surface area contributed by atoms with Crippen molar-refractivity contribution in [2.75, 3.05) is 56.7 Å². The van der Waals surface area contributed by atoms with Crippen molar-refractivity contribution >= 4 is 39.0 Å². The van der Waals surface area contributed by atoms with Gasteiger partial charge >= 0.3 is 0 Å². The summed E-state index contributed by atoms with van der Waals surface area (Å²) in [6, 6.07) is 14.0. The van der Waals surface area contributed by atoms with E-state index in [1.807, 2.05) is 50.4 Å². The van der Waals surface area contributed by atoms with Gasteiger partial charge in [0.1, 0.15) is 22.7 Å². The lowest BCUT2D eigenvalue weighted by atomic mass is 10.1. The van der Waals surface area contributed by atoms with Crippen LogP contribution in [-0.2, 0) is 6.42 Å². The molecule has 0 atom stereocenters. The Labute approximate surface area is 215 Å². The first-order valence-corrected chi connectivity index (χ1v) is 12.9. The number of anilines is 2. The van der Waals surface area contributed by atoms with Gasteiger partial charge in [-0.05, 0) is 36.8 Å². The van der Waals surface area contributed by atoms with Gasteiger partial charge in [0.15, 0.2) is 0 Å². The summed E-state index contributed by atoms with van der Waals surface area (Å²) in [6.07, 6.45) is 4.11. The second-order valence-corrected chi connectivity index (χ2v) is 9.88. The lowest BCUT2D eigenvalue weighted by molar-refractivity contribution is 0.0800. The molecule has 1 aliphatic heterocycles. The van der Waals surface area contributed by atoms with E-state index in [9.17, 15) is 4.79 Å². The van der Waals surface area contributed by atoms with Crippen LogP contribution in [0.25, 0.3) is 10.2 Å². The predicted octanol–water partition coefficient (Wildman–Crippen LogP) is 4.04. The van der Waals surface area contributed by atoms with Crippen LogP contribution in [0.1, 0.15) is 20.9 Å². The average molecular weight is 503 g/mol. The van der Waals surface area contributed by atoms with E-state index in [-0.39, 0.29) is 5.91 Å². The highest BCUT2D eigenvalue weighted by atomic mass is 32.1. The molecule has 8 nitrogen and oxygen atoms in total. The number of fused-ring (bicyclic) bond motifs is 1. The third-order valence-electron chi connectivity index (χ3n) is 6.68. The number of rotatable bonds is 7. The number of benzene rings is 1. The molecule has 3 aromatic heterocycles. The molecule has 36 heavy (non-hydrogen) atoms. The van der Waals surface area contributed by atoms with Crippen LogP contribution in [0, 0.1) is 6.92 Å². The SMILES string of the molecule is COc1ccccc1N1CCN(c2ncnc3sc(C(=O)N(C)CCc4ccccn4)c(C)c23)CC1. The number of piperazine rings is 1. The summed E-state index contributed by atoms with van der Waals surface area (Å²) in [5.74, 6) is 1.81. The van der Waals surface area contributed by atoms with E-state index in [2.05, 4.69) is 30.8 Å². The van der Waals surface area contributed by atoms with Crippen LogP contribution in [0.15, 0.2) is 55.0 Å². The van der Waals surface area contributed by atoms with Crippen molar-refractivity contribution in [2.24, 2.45) is 0 Å². The van der Waals surface area contributed by atoms with Crippen molar-refractivity contribution in [1.82, 2.24) is 19.9 Å². The third kappa shape index (κ3) is 4.70. The largest absolute Gasteiger partial charge is 0.495 e. The number of hydrogen-bond acceptors (Lipinski definition) is 8. The fourth-order valence-corrected chi connectivity index (χ4v) is 5.79. The Morgan fingerprint density at radius 2 is 1.78 bits per heavy atom. The van der Waals surface area contributed by atoms with Gasteiger partial charge in [-0.2, -0.15) is 0 Å². The smallest absolute Gasteiger partial charge is 0.264 e. The molecule has 1 aliphatic rings. The van der Waals surface area contributed by atoms with E-state index in [1.165, 1.54) is 11.3 Å². The van der Waals surface area contributed by atoms with Gasteiger partial charge in [0, 0.05) is 58.1 Å². The number of likely N-dealkylation sites (N-methyl/N-ethyl adjacent to an activating group) is 1. The van der Waals surface area contributed by atoms with Crippen LogP contribution >= 0.6 is 11.3 Å². The number of aromatic nitrogens is 3. The summed E-state index contributed by atoms with van der Waals surface area (Å²) in [5.41, 5.74) is 3.04. The zero-order chi connectivity index (χ0) is 25.1. The standard InChI is InChI=1S/C27H30N6O2S/c1-19-23-25(33-16-14-32(15-17-33)21-9-4-5-10-22(21)35-3)29-18-30-26(23)36-24(19)27(34)31(2)13-11-20-8-6-7-12-28-20/h4-10,12,18H,11,13-17H2,1-3H3. The van der Waals surface area contributed by atoms with Crippen molar-refractivity contribution in [2.45, 2.75) is 13.3 Å². The molecule has 0 aliphatic carbocycles. The van der Waals surface area contributed by atoms with Gasteiger partial charge < -0.3 is 19.4 Å². The zero-order valence-corrected chi connectivity index (χ0v) is 21.7. The zero-order valence-electron chi connectivity index (χ0n) is 20.8. The number of methoxy groups -OCH3 is 1. The molecule has 0 saturated carbocycles. The molecule has 0 bridgehead atoms. The highest BCUT2D eigenvalue weighted by Crippen LogP contribution is 2.36. The summed E-state index contributed by atoms with van der Waals surface area (Å²) in [5, 5.41) is 0.981. The minimum atomic E-state index is 0.0124.